The third kappa shape index (κ3) is 2.53. The number of fused-ring (bicyclic) bond motifs is 1. The number of hydrogen-bond acceptors (Lipinski definition) is 4. The fourth-order valence-corrected chi connectivity index (χ4v) is 2.68. The van der Waals surface area contributed by atoms with E-state index in [1.165, 1.54) is 0 Å². The van der Waals surface area contributed by atoms with Crippen molar-refractivity contribution in [3.05, 3.63) is 60.3 Å². The van der Waals surface area contributed by atoms with Crippen LogP contribution in [-0.2, 0) is 6.54 Å². The van der Waals surface area contributed by atoms with Crippen molar-refractivity contribution in [1.82, 2.24) is 20.0 Å². The molecule has 3 N–H and O–H groups in total. The predicted octanol–water partition coefficient (Wildman–Crippen LogP) is 2.39. The van der Waals surface area contributed by atoms with E-state index in [2.05, 4.69) is 39.0 Å². The molecule has 0 saturated carbocycles. The molecule has 0 saturated heterocycles. The van der Waals surface area contributed by atoms with Gasteiger partial charge in [-0.1, -0.05) is 31.2 Å². The molecule has 0 aliphatic rings. The Morgan fingerprint density at radius 3 is 2.86 bits per heavy atom. The molecule has 5 nitrogen and oxygen atoms in total. The zero-order chi connectivity index (χ0) is 14.7. The molecule has 3 rings (SSSR count). The summed E-state index contributed by atoms with van der Waals surface area (Å²) in [4.78, 5) is 8.98. The van der Waals surface area contributed by atoms with E-state index < -0.39 is 0 Å². The number of aryl methyl sites for hydroxylation is 1. The van der Waals surface area contributed by atoms with Crippen molar-refractivity contribution in [2.45, 2.75) is 25.9 Å². The number of hydrazine groups is 1. The van der Waals surface area contributed by atoms with Crippen molar-refractivity contribution in [2.75, 3.05) is 0 Å². The van der Waals surface area contributed by atoms with Gasteiger partial charge in [0.2, 0.25) is 0 Å². The first-order valence-electron chi connectivity index (χ1n) is 7.16. The van der Waals surface area contributed by atoms with Gasteiger partial charge in [-0.3, -0.25) is 10.8 Å². The van der Waals surface area contributed by atoms with Gasteiger partial charge in [-0.05, 0) is 12.5 Å². The smallest absolute Gasteiger partial charge is 0.131 e. The molecular weight excluding hydrogens is 262 g/mol. The molecule has 0 aliphatic heterocycles. The number of imidazole rings is 1. The highest BCUT2D eigenvalue weighted by atomic mass is 15.3. The highest BCUT2D eigenvalue weighted by Gasteiger charge is 2.20. The fourth-order valence-electron chi connectivity index (χ4n) is 2.68. The lowest BCUT2D eigenvalue weighted by Gasteiger charge is -2.19. The van der Waals surface area contributed by atoms with Gasteiger partial charge in [0.05, 0.1) is 5.52 Å². The van der Waals surface area contributed by atoms with Crippen LogP contribution in [0.5, 0.6) is 0 Å². The fraction of sp³-hybridized carbons (Fsp3) is 0.250. The van der Waals surface area contributed by atoms with Gasteiger partial charge in [-0.15, -0.1) is 0 Å². The van der Waals surface area contributed by atoms with Crippen molar-refractivity contribution in [2.24, 2.45) is 5.84 Å². The molecular formula is C16H19N5. The molecule has 2 aromatic heterocycles. The number of nitrogens with one attached hydrogen (secondary N) is 1. The normalized spacial score (nSPS) is 12.7. The van der Waals surface area contributed by atoms with Crippen molar-refractivity contribution in [1.29, 1.82) is 0 Å². The third-order valence-electron chi connectivity index (χ3n) is 3.61. The molecule has 1 aromatic carbocycles. The summed E-state index contributed by atoms with van der Waals surface area (Å²) in [5.41, 5.74) is 4.88. The molecule has 108 valence electrons. The van der Waals surface area contributed by atoms with Gasteiger partial charge in [0.1, 0.15) is 11.9 Å². The molecule has 2 heterocycles. The van der Waals surface area contributed by atoms with Crippen molar-refractivity contribution >= 4 is 10.9 Å². The molecule has 1 unspecified atom stereocenters. The van der Waals surface area contributed by atoms with Gasteiger partial charge >= 0.3 is 0 Å². The van der Waals surface area contributed by atoms with E-state index in [9.17, 15) is 0 Å². The predicted molar refractivity (Wildman–Crippen MR) is 83.4 cm³/mol. The van der Waals surface area contributed by atoms with Gasteiger partial charge in [0.15, 0.2) is 0 Å². The van der Waals surface area contributed by atoms with Gasteiger partial charge < -0.3 is 4.57 Å². The Morgan fingerprint density at radius 2 is 2.05 bits per heavy atom. The van der Waals surface area contributed by atoms with Gasteiger partial charge in [0.25, 0.3) is 0 Å². The van der Waals surface area contributed by atoms with Gasteiger partial charge in [0, 0.05) is 36.1 Å². The standard InChI is InChI=1S/C16H19N5/c1-2-10-21-11-9-19-16(21)15(20-17)13-7-3-5-12-6-4-8-18-14(12)13/h3-9,11,15,20H,2,10,17H2,1H3. The van der Waals surface area contributed by atoms with E-state index in [0.29, 0.717) is 0 Å². The lowest BCUT2D eigenvalue weighted by molar-refractivity contribution is 0.547. The number of aromatic nitrogens is 3. The highest BCUT2D eigenvalue weighted by molar-refractivity contribution is 5.82. The van der Waals surface area contributed by atoms with E-state index in [-0.39, 0.29) is 6.04 Å². The van der Waals surface area contributed by atoms with Crippen molar-refractivity contribution < 1.29 is 0 Å². The zero-order valence-corrected chi connectivity index (χ0v) is 12.0. The van der Waals surface area contributed by atoms with Crippen LogP contribution in [-0.4, -0.2) is 14.5 Å². The van der Waals surface area contributed by atoms with Gasteiger partial charge in [-0.25, -0.2) is 10.4 Å². The number of para-hydroxylation sites is 1. The molecule has 0 fully saturated rings. The summed E-state index contributed by atoms with van der Waals surface area (Å²) in [7, 11) is 0. The van der Waals surface area contributed by atoms with Gasteiger partial charge in [-0.2, -0.15) is 0 Å². The molecule has 1 atom stereocenters. The van der Waals surface area contributed by atoms with E-state index in [4.69, 9.17) is 5.84 Å². The van der Waals surface area contributed by atoms with Crippen LogP contribution in [0.2, 0.25) is 0 Å². The molecule has 0 spiro atoms. The molecule has 21 heavy (non-hydrogen) atoms. The lowest BCUT2D eigenvalue weighted by atomic mass is 10.0. The Labute approximate surface area is 123 Å². The Morgan fingerprint density at radius 1 is 1.19 bits per heavy atom. The Kier molecular flexibility index (Phi) is 3.94. The summed E-state index contributed by atoms with van der Waals surface area (Å²) in [6.07, 6.45) is 6.65. The quantitative estimate of drug-likeness (QED) is 0.556. The first-order chi connectivity index (χ1) is 10.3. The number of nitrogens with zero attached hydrogens (tertiary/aromatic N) is 3. The summed E-state index contributed by atoms with van der Waals surface area (Å²) in [5, 5.41) is 1.10. The van der Waals surface area contributed by atoms with E-state index in [1.54, 1.807) is 6.20 Å². The minimum absolute atomic E-state index is 0.176. The van der Waals surface area contributed by atoms with E-state index in [1.807, 2.05) is 30.6 Å². The number of benzene rings is 1. The maximum absolute atomic E-state index is 5.82. The Hall–Kier alpha value is -2.24. The van der Waals surface area contributed by atoms with Crippen LogP contribution in [0.25, 0.3) is 10.9 Å². The molecule has 0 bridgehead atoms. The maximum atomic E-state index is 5.82. The number of rotatable bonds is 5. The summed E-state index contributed by atoms with van der Waals surface area (Å²) in [6, 6.07) is 9.94. The first-order valence-corrected chi connectivity index (χ1v) is 7.16. The number of nitrogens with two attached hydrogens (primary N) is 1. The van der Waals surface area contributed by atoms with Crippen molar-refractivity contribution in [3.8, 4) is 0 Å². The molecule has 5 heteroatoms. The largest absolute Gasteiger partial charge is 0.333 e. The summed E-state index contributed by atoms with van der Waals surface area (Å²) in [6.45, 7) is 3.07. The molecule has 3 aromatic rings. The van der Waals surface area contributed by atoms with E-state index in [0.717, 1.165) is 35.3 Å². The highest BCUT2D eigenvalue weighted by Crippen LogP contribution is 2.26. The second-order valence-electron chi connectivity index (χ2n) is 5.00. The zero-order valence-electron chi connectivity index (χ0n) is 12.0. The van der Waals surface area contributed by atoms with Crippen LogP contribution in [0.1, 0.15) is 30.8 Å². The minimum Gasteiger partial charge on any atom is -0.333 e. The lowest BCUT2D eigenvalue weighted by Crippen LogP contribution is -2.31. The molecule has 0 aliphatic carbocycles. The summed E-state index contributed by atoms with van der Waals surface area (Å²) >= 11 is 0. The maximum Gasteiger partial charge on any atom is 0.131 e. The number of pyridine rings is 1. The SMILES string of the molecule is CCCn1ccnc1C(NN)c1cccc2cccnc12. The Balaban J connectivity index is 2.12. The second-order valence-corrected chi connectivity index (χ2v) is 5.00. The first kappa shape index (κ1) is 13.7. The average Bonchev–Trinajstić information content (AvgIpc) is 2.97. The topological polar surface area (TPSA) is 68.8 Å². The summed E-state index contributed by atoms with van der Waals surface area (Å²) < 4.78 is 2.13. The van der Waals surface area contributed by atoms with Crippen LogP contribution in [0.15, 0.2) is 48.9 Å². The second kappa shape index (κ2) is 6.03. The summed E-state index contributed by atoms with van der Waals surface area (Å²) in [5.74, 6) is 6.74. The molecule has 0 radical (unpaired) electrons. The van der Waals surface area contributed by atoms with Crippen LogP contribution in [0, 0.1) is 0 Å². The average molecular weight is 281 g/mol. The van der Waals surface area contributed by atoms with Crippen LogP contribution >= 0.6 is 0 Å². The van der Waals surface area contributed by atoms with Crippen molar-refractivity contribution in [3.63, 3.8) is 0 Å². The number of hydrogen-bond donors (Lipinski definition) is 2. The monoisotopic (exact) mass is 281 g/mol. The molecule has 0 amide bonds. The minimum atomic E-state index is -0.176. The third-order valence-corrected chi connectivity index (χ3v) is 3.61. The van der Waals surface area contributed by atoms with Crippen LogP contribution < -0.4 is 11.3 Å². The van der Waals surface area contributed by atoms with Crippen LogP contribution in [0.3, 0.4) is 0 Å². The van der Waals surface area contributed by atoms with E-state index >= 15 is 0 Å². The Bertz CT molecular complexity index is 729. The van der Waals surface area contributed by atoms with Crippen LogP contribution in [0.4, 0.5) is 0 Å².